The number of rotatable bonds is 4. The van der Waals surface area contributed by atoms with Crippen molar-refractivity contribution < 1.29 is 9.59 Å². The van der Waals surface area contributed by atoms with Gasteiger partial charge in [0.2, 0.25) is 0 Å². The lowest BCUT2D eigenvalue weighted by molar-refractivity contribution is 0.101. The van der Waals surface area contributed by atoms with E-state index in [1.165, 1.54) is 6.92 Å². The minimum Gasteiger partial charge on any atom is -0.321 e. The highest BCUT2D eigenvalue weighted by Gasteiger charge is 2.12. The van der Waals surface area contributed by atoms with Gasteiger partial charge in [0.1, 0.15) is 5.69 Å². The van der Waals surface area contributed by atoms with Crippen molar-refractivity contribution in [2.24, 2.45) is 0 Å². The number of ketones is 1. The van der Waals surface area contributed by atoms with Gasteiger partial charge in [0.25, 0.3) is 5.91 Å². The predicted octanol–water partition coefficient (Wildman–Crippen LogP) is 4.84. The summed E-state index contributed by atoms with van der Waals surface area (Å²) in [6, 6.07) is 13.4. The van der Waals surface area contributed by atoms with Crippen LogP contribution in [0.25, 0.3) is 11.3 Å². The van der Waals surface area contributed by atoms with Crippen LogP contribution in [0.5, 0.6) is 0 Å². The Hall–Kier alpha value is -2.63. The first-order valence-corrected chi connectivity index (χ1v) is 8.13. The maximum absolute atomic E-state index is 12.3. The van der Waals surface area contributed by atoms with Crippen LogP contribution < -0.4 is 5.32 Å². The van der Waals surface area contributed by atoms with Crippen LogP contribution in [0.1, 0.15) is 27.8 Å². The van der Waals surface area contributed by atoms with Crippen molar-refractivity contribution in [3.8, 4) is 11.3 Å². The molecule has 0 aliphatic rings. The zero-order valence-electron chi connectivity index (χ0n) is 13.1. The highest BCUT2D eigenvalue weighted by molar-refractivity contribution is 6.42. The smallest absolute Gasteiger partial charge is 0.273 e. The predicted molar refractivity (Wildman–Crippen MR) is 98.4 cm³/mol. The number of carbonyl (C=O) groups excluding carboxylic acids is 2. The number of carbonyl (C=O) groups is 2. The van der Waals surface area contributed by atoms with Crippen molar-refractivity contribution >= 4 is 40.6 Å². The molecule has 0 aliphatic carbocycles. The molecule has 3 rings (SSSR count). The molecule has 0 unspecified atom stereocenters. The number of Topliss-reactive ketones (excluding diaryl/α,β-unsaturated/α-hetero) is 1. The fourth-order valence-electron chi connectivity index (χ4n) is 2.23. The van der Waals surface area contributed by atoms with Crippen molar-refractivity contribution in [1.82, 2.24) is 10.2 Å². The number of amides is 1. The third-order valence-electron chi connectivity index (χ3n) is 3.59. The average molecular weight is 374 g/mol. The number of nitrogens with zero attached hydrogens (tertiary/aromatic N) is 1. The molecule has 25 heavy (non-hydrogen) atoms. The van der Waals surface area contributed by atoms with E-state index in [9.17, 15) is 9.59 Å². The minimum atomic E-state index is -0.339. The van der Waals surface area contributed by atoms with E-state index >= 15 is 0 Å². The van der Waals surface area contributed by atoms with Gasteiger partial charge in [-0.2, -0.15) is 5.10 Å². The summed E-state index contributed by atoms with van der Waals surface area (Å²) in [4.78, 5) is 23.6. The molecule has 2 aromatic carbocycles. The lowest BCUT2D eigenvalue weighted by Gasteiger charge is -2.04. The Labute approximate surface area is 154 Å². The van der Waals surface area contributed by atoms with Crippen molar-refractivity contribution in [3.63, 3.8) is 0 Å². The molecular formula is C18H13Cl2N3O2. The number of hydrogen-bond acceptors (Lipinski definition) is 3. The molecule has 0 radical (unpaired) electrons. The Balaban J connectivity index is 1.76. The van der Waals surface area contributed by atoms with Gasteiger partial charge in [-0.1, -0.05) is 29.3 Å². The highest BCUT2D eigenvalue weighted by atomic mass is 35.5. The van der Waals surface area contributed by atoms with E-state index in [2.05, 4.69) is 15.5 Å². The van der Waals surface area contributed by atoms with Gasteiger partial charge in [-0.25, -0.2) is 0 Å². The number of nitrogens with one attached hydrogen (secondary N) is 2. The molecule has 7 heteroatoms. The highest BCUT2D eigenvalue weighted by Crippen LogP contribution is 2.27. The zero-order valence-corrected chi connectivity index (χ0v) is 14.7. The second kappa shape index (κ2) is 7.09. The molecule has 1 aromatic heterocycles. The molecule has 2 N–H and O–H groups in total. The number of anilines is 1. The van der Waals surface area contributed by atoms with Crippen LogP contribution in [0, 0.1) is 0 Å². The minimum absolute atomic E-state index is 0.0299. The van der Waals surface area contributed by atoms with Gasteiger partial charge >= 0.3 is 0 Å². The SMILES string of the molecule is CC(=O)c1ccc(NC(=O)c2cc(-c3ccc(Cl)c(Cl)c3)n[nH]2)cc1. The molecule has 0 atom stereocenters. The van der Waals surface area contributed by atoms with Crippen LogP contribution in [0.15, 0.2) is 48.5 Å². The van der Waals surface area contributed by atoms with E-state index in [1.807, 2.05) is 0 Å². The summed E-state index contributed by atoms with van der Waals surface area (Å²) in [7, 11) is 0. The van der Waals surface area contributed by atoms with Gasteiger partial charge in [-0.05, 0) is 49.4 Å². The normalized spacial score (nSPS) is 10.5. The van der Waals surface area contributed by atoms with Crippen LogP contribution in [0.2, 0.25) is 10.0 Å². The third-order valence-corrected chi connectivity index (χ3v) is 4.33. The van der Waals surface area contributed by atoms with Crippen LogP contribution in [0.3, 0.4) is 0 Å². The van der Waals surface area contributed by atoms with E-state index in [0.29, 0.717) is 32.7 Å². The topological polar surface area (TPSA) is 74.8 Å². The maximum atomic E-state index is 12.3. The summed E-state index contributed by atoms with van der Waals surface area (Å²) in [5.41, 5.74) is 2.80. The summed E-state index contributed by atoms with van der Waals surface area (Å²) in [5.74, 6) is -0.368. The van der Waals surface area contributed by atoms with Crippen molar-refractivity contribution in [2.75, 3.05) is 5.32 Å². The molecule has 5 nitrogen and oxygen atoms in total. The second-order valence-corrected chi connectivity index (χ2v) is 6.20. The van der Waals surface area contributed by atoms with E-state index in [4.69, 9.17) is 23.2 Å². The van der Waals surface area contributed by atoms with Gasteiger partial charge in [-0.15, -0.1) is 0 Å². The number of hydrogen-bond donors (Lipinski definition) is 2. The van der Waals surface area contributed by atoms with E-state index < -0.39 is 0 Å². The number of halogens is 2. The second-order valence-electron chi connectivity index (χ2n) is 5.38. The van der Waals surface area contributed by atoms with Crippen LogP contribution in [0.4, 0.5) is 5.69 Å². The summed E-state index contributed by atoms with van der Waals surface area (Å²) in [6.07, 6.45) is 0. The molecule has 126 valence electrons. The van der Waals surface area contributed by atoms with Gasteiger partial charge < -0.3 is 5.32 Å². The van der Waals surface area contributed by atoms with E-state index in [-0.39, 0.29) is 11.7 Å². The summed E-state index contributed by atoms with van der Waals surface area (Å²) in [5, 5.41) is 10.4. The Kier molecular flexibility index (Phi) is 4.88. The van der Waals surface area contributed by atoms with Gasteiger partial charge in [0.05, 0.1) is 15.7 Å². The van der Waals surface area contributed by atoms with Gasteiger partial charge in [-0.3, -0.25) is 14.7 Å². The molecule has 0 saturated heterocycles. The summed E-state index contributed by atoms with van der Waals surface area (Å²) >= 11 is 11.9. The zero-order chi connectivity index (χ0) is 18.0. The fraction of sp³-hybridized carbons (Fsp3) is 0.0556. The molecule has 0 fully saturated rings. The van der Waals surface area contributed by atoms with Crippen molar-refractivity contribution in [2.45, 2.75) is 6.92 Å². The van der Waals surface area contributed by atoms with Crippen molar-refractivity contribution in [1.29, 1.82) is 0 Å². The third kappa shape index (κ3) is 3.90. The molecule has 0 saturated carbocycles. The number of benzene rings is 2. The quantitative estimate of drug-likeness (QED) is 0.642. The Bertz CT molecular complexity index is 949. The molecule has 3 aromatic rings. The van der Waals surface area contributed by atoms with Crippen LogP contribution in [-0.4, -0.2) is 21.9 Å². The number of aromatic amines is 1. The van der Waals surface area contributed by atoms with E-state index in [0.717, 1.165) is 5.56 Å². The Morgan fingerprint density at radius 3 is 2.36 bits per heavy atom. The van der Waals surface area contributed by atoms with Crippen LogP contribution >= 0.6 is 23.2 Å². The lowest BCUT2D eigenvalue weighted by atomic mass is 10.1. The Morgan fingerprint density at radius 1 is 1.00 bits per heavy atom. The average Bonchev–Trinajstić information content (AvgIpc) is 3.08. The largest absolute Gasteiger partial charge is 0.321 e. The molecule has 0 aliphatic heterocycles. The molecule has 0 spiro atoms. The van der Waals surface area contributed by atoms with E-state index in [1.54, 1.807) is 48.5 Å². The monoisotopic (exact) mass is 373 g/mol. The summed E-state index contributed by atoms with van der Waals surface area (Å²) in [6.45, 7) is 1.49. The maximum Gasteiger partial charge on any atom is 0.273 e. The van der Waals surface area contributed by atoms with Gasteiger partial charge in [0, 0.05) is 16.8 Å². The fourth-order valence-corrected chi connectivity index (χ4v) is 2.53. The Morgan fingerprint density at radius 2 is 1.72 bits per heavy atom. The first-order chi connectivity index (χ1) is 11.9. The number of aromatic nitrogens is 2. The lowest BCUT2D eigenvalue weighted by Crippen LogP contribution is -2.12. The van der Waals surface area contributed by atoms with Gasteiger partial charge in [0.15, 0.2) is 5.78 Å². The van der Waals surface area contributed by atoms with Crippen molar-refractivity contribution in [3.05, 3.63) is 69.8 Å². The molecule has 0 bridgehead atoms. The van der Waals surface area contributed by atoms with Crippen LogP contribution in [-0.2, 0) is 0 Å². The standard InChI is InChI=1S/C18H13Cl2N3O2/c1-10(24)11-2-5-13(6-3-11)21-18(25)17-9-16(22-23-17)12-4-7-14(19)15(20)8-12/h2-9H,1H3,(H,21,25)(H,22,23). The first kappa shape index (κ1) is 17.2. The first-order valence-electron chi connectivity index (χ1n) is 7.37. The molecule has 1 amide bonds. The summed E-state index contributed by atoms with van der Waals surface area (Å²) < 4.78 is 0. The molecular weight excluding hydrogens is 361 g/mol. The number of H-pyrrole nitrogens is 1. The molecule has 1 heterocycles.